The Morgan fingerprint density at radius 3 is 3.00 bits per heavy atom. The zero-order valence-corrected chi connectivity index (χ0v) is 10.0. The van der Waals surface area contributed by atoms with E-state index in [1.807, 2.05) is 12.1 Å². The first-order chi connectivity index (χ1) is 8.88. The molecule has 1 aliphatic heterocycles. The predicted molar refractivity (Wildman–Crippen MR) is 70.7 cm³/mol. The summed E-state index contributed by atoms with van der Waals surface area (Å²) in [7, 11) is 0. The van der Waals surface area contributed by atoms with Crippen LogP contribution in [0.3, 0.4) is 0 Å². The van der Waals surface area contributed by atoms with E-state index in [0.717, 1.165) is 25.2 Å². The number of anilines is 2. The van der Waals surface area contributed by atoms with Crippen LogP contribution in [0.4, 0.5) is 11.5 Å². The first kappa shape index (κ1) is 10.8. The lowest BCUT2D eigenvalue weighted by atomic mass is 10.0. The lowest BCUT2D eigenvalue weighted by Crippen LogP contribution is -2.25. The molecule has 0 spiro atoms. The Bertz CT molecular complexity index is 613. The largest absolute Gasteiger partial charge is 0.326 e. The molecule has 0 atom stereocenters. The van der Waals surface area contributed by atoms with Crippen molar-refractivity contribution in [3.8, 4) is 6.07 Å². The molecule has 3 heteroatoms. The van der Waals surface area contributed by atoms with Gasteiger partial charge in [-0.05, 0) is 36.6 Å². The monoisotopic (exact) mass is 235 g/mol. The van der Waals surface area contributed by atoms with Crippen LogP contribution in [0.15, 0.2) is 42.6 Å². The SMILES string of the molecule is N#Cc1ccnc(N2CCCc3ccccc32)c1. The molecule has 0 radical (unpaired) electrons. The summed E-state index contributed by atoms with van der Waals surface area (Å²) in [6, 6.07) is 14.1. The molecule has 1 aromatic carbocycles. The Morgan fingerprint density at radius 2 is 2.11 bits per heavy atom. The van der Waals surface area contributed by atoms with E-state index in [1.54, 1.807) is 12.3 Å². The van der Waals surface area contributed by atoms with Gasteiger partial charge in [0.2, 0.25) is 0 Å². The van der Waals surface area contributed by atoms with Crippen LogP contribution < -0.4 is 4.90 Å². The second-order valence-electron chi connectivity index (χ2n) is 4.40. The summed E-state index contributed by atoms with van der Waals surface area (Å²) in [5.41, 5.74) is 3.22. The van der Waals surface area contributed by atoms with Crippen LogP contribution in [-0.4, -0.2) is 11.5 Å². The molecule has 3 nitrogen and oxygen atoms in total. The third-order valence-electron chi connectivity index (χ3n) is 3.26. The Hall–Kier alpha value is -2.34. The Labute approximate surface area is 106 Å². The zero-order valence-electron chi connectivity index (χ0n) is 10.0. The normalized spacial score (nSPS) is 13.8. The van der Waals surface area contributed by atoms with Gasteiger partial charge < -0.3 is 4.90 Å². The van der Waals surface area contributed by atoms with Crippen molar-refractivity contribution in [2.75, 3.05) is 11.4 Å². The van der Waals surface area contributed by atoms with Crippen LogP contribution in [0, 0.1) is 11.3 Å². The van der Waals surface area contributed by atoms with Gasteiger partial charge in [0.15, 0.2) is 0 Å². The highest BCUT2D eigenvalue weighted by atomic mass is 15.2. The molecule has 0 aliphatic carbocycles. The molecule has 0 N–H and O–H groups in total. The molecule has 0 fully saturated rings. The summed E-state index contributed by atoms with van der Waals surface area (Å²) in [5.74, 6) is 0.862. The molecule has 0 saturated carbocycles. The van der Waals surface area contributed by atoms with E-state index in [0.29, 0.717) is 5.56 Å². The van der Waals surface area contributed by atoms with Crippen LogP contribution in [0.1, 0.15) is 17.5 Å². The Balaban J connectivity index is 2.06. The van der Waals surface area contributed by atoms with E-state index in [9.17, 15) is 0 Å². The van der Waals surface area contributed by atoms with Crippen LogP contribution in [-0.2, 0) is 6.42 Å². The summed E-state index contributed by atoms with van der Waals surface area (Å²) in [6.45, 7) is 0.957. The van der Waals surface area contributed by atoms with Crippen molar-refractivity contribution in [2.24, 2.45) is 0 Å². The maximum Gasteiger partial charge on any atom is 0.134 e. The molecule has 2 aromatic rings. The Kier molecular flexibility index (Phi) is 2.70. The minimum absolute atomic E-state index is 0.656. The van der Waals surface area contributed by atoms with Crippen LogP contribution in [0.5, 0.6) is 0 Å². The molecule has 88 valence electrons. The molecular formula is C15H13N3. The van der Waals surface area contributed by atoms with Gasteiger partial charge in [-0.25, -0.2) is 4.98 Å². The third kappa shape index (κ3) is 1.82. The highest BCUT2D eigenvalue weighted by Crippen LogP contribution is 2.32. The number of fused-ring (bicyclic) bond motifs is 1. The first-order valence-corrected chi connectivity index (χ1v) is 6.10. The second kappa shape index (κ2) is 4.50. The molecule has 1 aliphatic rings. The van der Waals surface area contributed by atoms with Gasteiger partial charge in [0.25, 0.3) is 0 Å². The average molecular weight is 235 g/mol. The molecule has 0 amide bonds. The van der Waals surface area contributed by atoms with Crippen LogP contribution in [0.25, 0.3) is 0 Å². The fourth-order valence-corrected chi connectivity index (χ4v) is 2.41. The number of pyridine rings is 1. The van der Waals surface area contributed by atoms with E-state index in [4.69, 9.17) is 5.26 Å². The minimum atomic E-state index is 0.656. The predicted octanol–water partition coefficient (Wildman–Crippen LogP) is 3.04. The summed E-state index contributed by atoms with van der Waals surface area (Å²) < 4.78 is 0. The molecule has 3 rings (SSSR count). The molecule has 0 saturated heterocycles. The van der Waals surface area contributed by atoms with Gasteiger partial charge in [-0.2, -0.15) is 5.26 Å². The third-order valence-corrected chi connectivity index (χ3v) is 3.26. The number of aromatic nitrogens is 1. The van der Waals surface area contributed by atoms with Crippen LogP contribution in [0.2, 0.25) is 0 Å². The smallest absolute Gasteiger partial charge is 0.134 e. The molecular weight excluding hydrogens is 222 g/mol. The number of rotatable bonds is 1. The first-order valence-electron chi connectivity index (χ1n) is 6.10. The lowest BCUT2D eigenvalue weighted by molar-refractivity contribution is 0.759. The summed E-state index contributed by atoms with van der Waals surface area (Å²) in [5, 5.41) is 8.96. The topological polar surface area (TPSA) is 39.9 Å². The number of aryl methyl sites for hydroxylation is 1. The van der Waals surface area contributed by atoms with E-state index in [1.165, 1.54) is 11.3 Å². The van der Waals surface area contributed by atoms with Gasteiger partial charge in [-0.1, -0.05) is 18.2 Å². The molecule has 0 unspecified atom stereocenters. The standard InChI is InChI=1S/C15H13N3/c16-11-12-7-8-17-15(10-12)18-9-3-5-13-4-1-2-6-14(13)18/h1-2,4,6-8,10H,3,5,9H2. The van der Waals surface area contributed by atoms with Crippen molar-refractivity contribution in [3.63, 3.8) is 0 Å². The number of nitrogens with zero attached hydrogens (tertiary/aromatic N) is 3. The van der Waals surface area contributed by atoms with E-state index in [2.05, 4.69) is 34.2 Å². The summed E-state index contributed by atoms with van der Waals surface area (Å²) >= 11 is 0. The quantitative estimate of drug-likeness (QED) is 0.762. The van der Waals surface area contributed by atoms with Gasteiger partial charge in [-0.15, -0.1) is 0 Å². The maximum atomic E-state index is 8.96. The van der Waals surface area contributed by atoms with E-state index < -0.39 is 0 Å². The van der Waals surface area contributed by atoms with Crippen molar-refractivity contribution >= 4 is 11.5 Å². The van der Waals surface area contributed by atoms with Crippen molar-refractivity contribution in [2.45, 2.75) is 12.8 Å². The molecule has 1 aromatic heterocycles. The van der Waals surface area contributed by atoms with Gasteiger partial charge in [0.05, 0.1) is 11.6 Å². The highest BCUT2D eigenvalue weighted by Gasteiger charge is 2.18. The molecule has 2 heterocycles. The summed E-state index contributed by atoms with van der Waals surface area (Å²) in [6.07, 6.45) is 3.94. The van der Waals surface area contributed by atoms with Gasteiger partial charge in [0, 0.05) is 18.4 Å². The fraction of sp³-hybridized carbons (Fsp3) is 0.200. The van der Waals surface area contributed by atoms with Crippen molar-refractivity contribution in [1.82, 2.24) is 4.98 Å². The Morgan fingerprint density at radius 1 is 1.22 bits per heavy atom. The second-order valence-corrected chi connectivity index (χ2v) is 4.40. The van der Waals surface area contributed by atoms with E-state index in [-0.39, 0.29) is 0 Å². The lowest BCUT2D eigenvalue weighted by Gasteiger charge is -2.30. The number of benzene rings is 1. The van der Waals surface area contributed by atoms with Gasteiger partial charge in [-0.3, -0.25) is 0 Å². The van der Waals surface area contributed by atoms with Gasteiger partial charge in [0.1, 0.15) is 5.82 Å². The van der Waals surface area contributed by atoms with Gasteiger partial charge >= 0.3 is 0 Å². The van der Waals surface area contributed by atoms with Crippen molar-refractivity contribution in [1.29, 1.82) is 5.26 Å². The number of hydrogen-bond donors (Lipinski definition) is 0. The summed E-state index contributed by atoms with van der Waals surface area (Å²) in [4.78, 5) is 6.58. The fourth-order valence-electron chi connectivity index (χ4n) is 2.41. The minimum Gasteiger partial charge on any atom is -0.326 e. The highest BCUT2D eigenvalue weighted by molar-refractivity contribution is 5.66. The number of para-hydroxylation sites is 1. The maximum absolute atomic E-state index is 8.96. The number of nitriles is 1. The average Bonchev–Trinajstić information content (AvgIpc) is 2.47. The van der Waals surface area contributed by atoms with Crippen molar-refractivity contribution < 1.29 is 0 Å². The van der Waals surface area contributed by atoms with E-state index >= 15 is 0 Å². The van der Waals surface area contributed by atoms with Crippen LogP contribution >= 0.6 is 0 Å². The molecule has 0 bridgehead atoms. The number of hydrogen-bond acceptors (Lipinski definition) is 3. The zero-order chi connectivity index (χ0) is 12.4. The van der Waals surface area contributed by atoms with Crippen molar-refractivity contribution in [3.05, 3.63) is 53.7 Å². The molecule has 18 heavy (non-hydrogen) atoms.